The Hall–Kier alpha value is -0.310. The molecule has 20 heavy (non-hydrogen) atoms. The van der Waals surface area contributed by atoms with Crippen molar-refractivity contribution in [1.29, 1.82) is 0 Å². The van der Waals surface area contributed by atoms with E-state index >= 15 is 0 Å². The minimum absolute atomic E-state index is 0.282. The molecular weight excluding hydrogens is 293 g/mol. The summed E-state index contributed by atoms with van der Waals surface area (Å²) in [7, 11) is 0. The first-order chi connectivity index (χ1) is 9.34. The summed E-state index contributed by atoms with van der Waals surface area (Å²) < 4.78 is 6.21. The van der Waals surface area contributed by atoms with E-state index < -0.39 is 0 Å². The molecule has 1 aromatic heterocycles. The van der Waals surface area contributed by atoms with Gasteiger partial charge in [0.1, 0.15) is 5.15 Å². The van der Waals surface area contributed by atoms with Gasteiger partial charge < -0.3 is 4.74 Å². The summed E-state index contributed by atoms with van der Waals surface area (Å²) in [5, 5.41) is 1.06. The molecule has 2 nitrogen and oxygen atoms in total. The highest BCUT2D eigenvalue weighted by Crippen LogP contribution is 2.66. The largest absolute Gasteiger partial charge is 0.373 e. The van der Waals surface area contributed by atoms with Gasteiger partial charge >= 0.3 is 0 Å². The molecule has 2 saturated carbocycles. The molecule has 0 amide bonds. The SMILES string of the molecule is CC1(C)C2CCC1(C)C(OCc1cnc(Cl)cc1Cl)C2. The highest BCUT2D eigenvalue weighted by Gasteiger charge is 2.61. The lowest BCUT2D eigenvalue weighted by Gasteiger charge is -2.39. The van der Waals surface area contributed by atoms with Gasteiger partial charge in [-0.3, -0.25) is 0 Å². The number of rotatable bonds is 3. The van der Waals surface area contributed by atoms with Crippen molar-refractivity contribution >= 4 is 23.2 Å². The molecule has 3 rings (SSSR count). The number of hydrogen-bond donors (Lipinski definition) is 0. The van der Waals surface area contributed by atoms with Crippen molar-refractivity contribution < 1.29 is 4.74 Å². The predicted octanol–water partition coefficient (Wildman–Crippen LogP) is 5.12. The first kappa shape index (κ1) is 14.6. The molecule has 0 saturated heterocycles. The van der Waals surface area contributed by atoms with Gasteiger partial charge in [-0.05, 0) is 42.1 Å². The third-order valence-electron chi connectivity index (χ3n) is 6.05. The molecule has 0 N–H and O–H groups in total. The van der Waals surface area contributed by atoms with E-state index in [1.807, 2.05) is 0 Å². The first-order valence-electron chi connectivity index (χ1n) is 7.26. The van der Waals surface area contributed by atoms with Gasteiger partial charge in [-0.2, -0.15) is 0 Å². The fraction of sp³-hybridized carbons (Fsp3) is 0.688. The van der Waals surface area contributed by atoms with Crippen LogP contribution in [0.25, 0.3) is 0 Å². The Morgan fingerprint density at radius 3 is 2.65 bits per heavy atom. The van der Waals surface area contributed by atoms with Gasteiger partial charge in [0.05, 0.1) is 17.7 Å². The fourth-order valence-corrected chi connectivity index (χ4v) is 4.54. The molecule has 1 aromatic rings. The first-order valence-corrected chi connectivity index (χ1v) is 8.02. The molecule has 3 atom stereocenters. The molecule has 2 fully saturated rings. The molecule has 110 valence electrons. The zero-order chi connectivity index (χ0) is 14.5. The average Bonchev–Trinajstić information content (AvgIpc) is 2.70. The van der Waals surface area contributed by atoms with Crippen molar-refractivity contribution in [2.24, 2.45) is 16.7 Å². The molecule has 0 aromatic carbocycles. The van der Waals surface area contributed by atoms with E-state index in [2.05, 4.69) is 25.8 Å². The van der Waals surface area contributed by atoms with Crippen LogP contribution in [-0.2, 0) is 11.3 Å². The van der Waals surface area contributed by atoms with Gasteiger partial charge in [-0.1, -0.05) is 44.0 Å². The predicted molar refractivity (Wildman–Crippen MR) is 82.1 cm³/mol. The number of halogens is 2. The van der Waals surface area contributed by atoms with Crippen LogP contribution in [-0.4, -0.2) is 11.1 Å². The Labute approximate surface area is 130 Å². The second-order valence-corrected chi connectivity index (χ2v) is 7.80. The third kappa shape index (κ3) is 2.08. The van der Waals surface area contributed by atoms with Crippen LogP contribution in [0.2, 0.25) is 10.2 Å². The molecule has 2 aliphatic carbocycles. The molecule has 0 spiro atoms. The molecule has 4 heteroatoms. The van der Waals surface area contributed by atoms with Gasteiger partial charge in [-0.25, -0.2) is 4.98 Å². The molecular formula is C16H21Cl2NO. The van der Waals surface area contributed by atoms with Crippen LogP contribution in [0.3, 0.4) is 0 Å². The van der Waals surface area contributed by atoms with Crippen LogP contribution >= 0.6 is 23.2 Å². The second kappa shape index (κ2) is 4.86. The summed E-state index contributed by atoms with van der Waals surface area (Å²) >= 11 is 12.0. The van der Waals surface area contributed by atoms with Gasteiger partial charge in [0.2, 0.25) is 0 Å². The number of pyridine rings is 1. The number of hydrogen-bond acceptors (Lipinski definition) is 2. The lowest BCUT2D eigenvalue weighted by Crippen LogP contribution is -2.37. The number of ether oxygens (including phenoxy) is 1. The van der Waals surface area contributed by atoms with Crippen LogP contribution < -0.4 is 0 Å². The maximum atomic E-state index is 6.21. The van der Waals surface area contributed by atoms with Gasteiger partial charge in [-0.15, -0.1) is 0 Å². The van der Waals surface area contributed by atoms with Crippen molar-refractivity contribution in [3.05, 3.63) is 28.0 Å². The van der Waals surface area contributed by atoms with Crippen LogP contribution in [0, 0.1) is 16.7 Å². The molecule has 2 bridgehead atoms. The lowest BCUT2D eigenvalue weighted by molar-refractivity contribution is -0.0550. The summed E-state index contributed by atoms with van der Waals surface area (Å²) in [5.41, 5.74) is 1.57. The zero-order valence-electron chi connectivity index (χ0n) is 12.2. The quantitative estimate of drug-likeness (QED) is 0.722. The number of nitrogens with zero attached hydrogens (tertiary/aromatic N) is 1. The molecule has 3 unspecified atom stereocenters. The van der Waals surface area contributed by atoms with E-state index in [1.54, 1.807) is 12.3 Å². The third-order valence-corrected chi connectivity index (χ3v) is 6.61. The monoisotopic (exact) mass is 313 g/mol. The van der Waals surface area contributed by atoms with Gasteiger partial charge in [0.15, 0.2) is 0 Å². The van der Waals surface area contributed by atoms with E-state index in [4.69, 9.17) is 27.9 Å². The fourth-order valence-electron chi connectivity index (χ4n) is 4.11. The zero-order valence-corrected chi connectivity index (χ0v) is 13.8. The maximum Gasteiger partial charge on any atom is 0.130 e. The maximum absolute atomic E-state index is 6.21. The Bertz CT molecular complexity index is 531. The minimum Gasteiger partial charge on any atom is -0.373 e. The molecule has 2 aliphatic rings. The summed E-state index contributed by atoms with van der Waals surface area (Å²) in [6.45, 7) is 7.69. The van der Waals surface area contributed by atoms with Crippen molar-refractivity contribution in [1.82, 2.24) is 4.98 Å². The van der Waals surface area contributed by atoms with E-state index in [1.165, 1.54) is 19.3 Å². The normalized spacial score (nSPS) is 34.6. The van der Waals surface area contributed by atoms with E-state index in [0.717, 1.165) is 11.5 Å². The Balaban J connectivity index is 1.71. The average molecular weight is 314 g/mol. The Kier molecular flexibility index (Phi) is 3.55. The van der Waals surface area contributed by atoms with Crippen molar-refractivity contribution in [3.63, 3.8) is 0 Å². The van der Waals surface area contributed by atoms with Gasteiger partial charge in [0, 0.05) is 11.8 Å². The van der Waals surface area contributed by atoms with E-state index in [0.29, 0.717) is 28.3 Å². The second-order valence-electron chi connectivity index (χ2n) is 7.01. The van der Waals surface area contributed by atoms with Crippen molar-refractivity contribution in [2.45, 2.75) is 52.7 Å². The topological polar surface area (TPSA) is 22.1 Å². The van der Waals surface area contributed by atoms with E-state index in [-0.39, 0.29) is 5.41 Å². The minimum atomic E-state index is 0.282. The van der Waals surface area contributed by atoms with Gasteiger partial charge in [0.25, 0.3) is 0 Å². The van der Waals surface area contributed by atoms with Crippen LogP contribution in [0.1, 0.15) is 45.6 Å². The Morgan fingerprint density at radius 1 is 1.35 bits per heavy atom. The smallest absolute Gasteiger partial charge is 0.130 e. The lowest BCUT2D eigenvalue weighted by atomic mass is 9.70. The van der Waals surface area contributed by atoms with Crippen molar-refractivity contribution in [3.8, 4) is 0 Å². The van der Waals surface area contributed by atoms with Crippen LogP contribution in [0.15, 0.2) is 12.3 Å². The highest BCUT2D eigenvalue weighted by molar-refractivity contribution is 6.34. The Morgan fingerprint density at radius 2 is 2.10 bits per heavy atom. The molecule has 0 aliphatic heterocycles. The standard InChI is InChI=1S/C16H21Cl2NO/c1-15(2)11-4-5-16(15,3)13(6-11)20-9-10-8-19-14(18)7-12(10)17/h7-8,11,13H,4-6,9H2,1-3H3. The summed E-state index contributed by atoms with van der Waals surface area (Å²) in [4.78, 5) is 4.08. The summed E-state index contributed by atoms with van der Waals surface area (Å²) in [5.74, 6) is 0.788. The number of fused-ring (bicyclic) bond motifs is 2. The number of aromatic nitrogens is 1. The van der Waals surface area contributed by atoms with Crippen molar-refractivity contribution in [2.75, 3.05) is 0 Å². The highest BCUT2D eigenvalue weighted by atomic mass is 35.5. The van der Waals surface area contributed by atoms with Crippen LogP contribution in [0.5, 0.6) is 0 Å². The summed E-state index contributed by atoms with van der Waals surface area (Å²) in [6, 6.07) is 1.67. The molecule has 0 radical (unpaired) electrons. The van der Waals surface area contributed by atoms with E-state index in [9.17, 15) is 0 Å². The van der Waals surface area contributed by atoms with Crippen LogP contribution in [0.4, 0.5) is 0 Å². The summed E-state index contributed by atoms with van der Waals surface area (Å²) in [6.07, 6.45) is 5.81. The molecule has 1 heterocycles.